The summed E-state index contributed by atoms with van der Waals surface area (Å²) in [6.45, 7) is 5.58. The van der Waals surface area contributed by atoms with Gasteiger partial charge in [-0.2, -0.15) is 0 Å². The SMILES string of the molecule is CC(CN(CCNc1ccc(O)cc1Cl)CC1=CC=CCC1)c1ccc(F)cc1. The number of rotatable bonds is 9. The van der Waals surface area contributed by atoms with Gasteiger partial charge in [-0.05, 0) is 48.6 Å². The van der Waals surface area contributed by atoms with E-state index >= 15 is 0 Å². The van der Waals surface area contributed by atoms with E-state index < -0.39 is 0 Å². The fourth-order valence-corrected chi connectivity index (χ4v) is 3.83. The summed E-state index contributed by atoms with van der Waals surface area (Å²) in [4.78, 5) is 2.43. The van der Waals surface area contributed by atoms with E-state index in [0.717, 1.165) is 50.3 Å². The van der Waals surface area contributed by atoms with E-state index in [1.165, 1.54) is 23.8 Å². The van der Waals surface area contributed by atoms with Crippen LogP contribution in [0.4, 0.5) is 10.1 Å². The second kappa shape index (κ2) is 10.5. The molecule has 0 fully saturated rings. The molecule has 1 atom stereocenters. The number of aromatic hydroxyl groups is 1. The normalized spacial score (nSPS) is 14.7. The van der Waals surface area contributed by atoms with Crippen molar-refractivity contribution in [3.8, 4) is 5.75 Å². The number of phenolic OH excluding ortho intramolecular Hbond substituents is 1. The highest BCUT2D eigenvalue weighted by Gasteiger charge is 2.14. The monoisotopic (exact) mass is 414 g/mol. The Morgan fingerprint density at radius 2 is 2.00 bits per heavy atom. The van der Waals surface area contributed by atoms with Gasteiger partial charge in [0.05, 0.1) is 10.7 Å². The van der Waals surface area contributed by atoms with Gasteiger partial charge in [0.15, 0.2) is 0 Å². The van der Waals surface area contributed by atoms with Gasteiger partial charge in [0.25, 0.3) is 0 Å². The minimum atomic E-state index is -0.202. The van der Waals surface area contributed by atoms with Gasteiger partial charge in [-0.1, -0.05) is 54.5 Å². The van der Waals surface area contributed by atoms with Crippen LogP contribution in [-0.4, -0.2) is 36.2 Å². The van der Waals surface area contributed by atoms with E-state index in [0.29, 0.717) is 10.9 Å². The zero-order valence-electron chi connectivity index (χ0n) is 16.7. The molecule has 0 amide bonds. The quantitative estimate of drug-likeness (QED) is 0.495. The van der Waals surface area contributed by atoms with Gasteiger partial charge in [0.2, 0.25) is 0 Å². The summed E-state index contributed by atoms with van der Waals surface area (Å²) < 4.78 is 13.2. The van der Waals surface area contributed by atoms with Crippen LogP contribution in [0.25, 0.3) is 0 Å². The zero-order valence-corrected chi connectivity index (χ0v) is 17.5. The molecule has 2 aromatic rings. The number of allylic oxidation sites excluding steroid dienone is 3. The van der Waals surface area contributed by atoms with Crippen molar-refractivity contribution in [3.63, 3.8) is 0 Å². The maximum atomic E-state index is 13.2. The molecule has 0 saturated carbocycles. The van der Waals surface area contributed by atoms with Crippen molar-refractivity contribution >= 4 is 17.3 Å². The van der Waals surface area contributed by atoms with Crippen molar-refractivity contribution in [1.29, 1.82) is 0 Å². The first-order valence-electron chi connectivity index (χ1n) is 10.1. The van der Waals surface area contributed by atoms with Gasteiger partial charge in [0.1, 0.15) is 11.6 Å². The fraction of sp³-hybridized carbons (Fsp3) is 0.333. The van der Waals surface area contributed by atoms with E-state index in [2.05, 4.69) is 35.4 Å². The Kier molecular flexibility index (Phi) is 7.73. The number of nitrogens with zero attached hydrogens (tertiary/aromatic N) is 1. The molecule has 2 N–H and O–H groups in total. The first-order chi connectivity index (χ1) is 14.0. The Balaban J connectivity index is 1.62. The molecule has 3 nitrogen and oxygen atoms in total. The summed E-state index contributed by atoms with van der Waals surface area (Å²) in [5.41, 5.74) is 3.39. The molecule has 1 unspecified atom stereocenters. The lowest BCUT2D eigenvalue weighted by Gasteiger charge is -2.28. The molecular formula is C24H28ClFN2O. The molecule has 2 aromatic carbocycles. The number of hydrogen-bond donors (Lipinski definition) is 2. The molecule has 154 valence electrons. The smallest absolute Gasteiger partial charge is 0.123 e. The average Bonchev–Trinajstić information content (AvgIpc) is 2.71. The summed E-state index contributed by atoms with van der Waals surface area (Å²) in [5, 5.41) is 13.4. The van der Waals surface area contributed by atoms with E-state index in [4.69, 9.17) is 11.6 Å². The standard InChI is InChI=1S/C24H28ClFN2O/c1-18(20-7-9-21(26)10-8-20)16-28(17-19-5-3-2-4-6-19)14-13-27-24-12-11-22(29)15-23(24)25/h2-3,5,7-12,15,18,27,29H,4,6,13-14,16-17H2,1H3. The number of benzene rings is 2. The van der Waals surface area contributed by atoms with Crippen LogP contribution in [0.3, 0.4) is 0 Å². The molecule has 1 aliphatic carbocycles. The van der Waals surface area contributed by atoms with Crippen molar-refractivity contribution in [2.24, 2.45) is 0 Å². The predicted molar refractivity (Wildman–Crippen MR) is 119 cm³/mol. The van der Waals surface area contributed by atoms with E-state index in [-0.39, 0.29) is 11.6 Å². The maximum Gasteiger partial charge on any atom is 0.123 e. The lowest BCUT2D eigenvalue weighted by atomic mass is 9.99. The van der Waals surface area contributed by atoms with Gasteiger partial charge in [-0.15, -0.1) is 0 Å². The Labute approximate surface area is 177 Å². The third-order valence-corrected chi connectivity index (χ3v) is 5.51. The van der Waals surface area contributed by atoms with Crippen LogP contribution in [-0.2, 0) is 0 Å². The molecular weight excluding hydrogens is 387 g/mol. The van der Waals surface area contributed by atoms with Crippen LogP contribution < -0.4 is 5.32 Å². The number of hydrogen-bond acceptors (Lipinski definition) is 3. The van der Waals surface area contributed by atoms with Gasteiger partial charge >= 0.3 is 0 Å². The van der Waals surface area contributed by atoms with Crippen molar-refractivity contribution in [2.45, 2.75) is 25.7 Å². The molecule has 0 aromatic heterocycles. The Morgan fingerprint density at radius 3 is 2.69 bits per heavy atom. The predicted octanol–water partition coefficient (Wildman–Crippen LogP) is 5.98. The van der Waals surface area contributed by atoms with Gasteiger partial charge in [-0.25, -0.2) is 4.39 Å². The molecule has 0 saturated heterocycles. The molecule has 0 heterocycles. The van der Waals surface area contributed by atoms with Gasteiger partial charge < -0.3 is 10.4 Å². The Hall–Kier alpha value is -2.30. The fourth-order valence-electron chi connectivity index (χ4n) is 3.59. The molecule has 0 aliphatic heterocycles. The Bertz CT molecular complexity index is 864. The first kappa shape index (κ1) is 21.4. The average molecular weight is 415 g/mol. The lowest BCUT2D eigenvalue weighted by Crippen LogP contribution is -2.34. The highest BCUT2D eigenvalue weighted by molar-refractivity contribution is 6.33. The molecule has 3 rings (SSSR count). The number of anilines is 1. The third-order valence-electron chi connectivity index (χ3n) is 5.19. The summed E-state index contributed by atoms with van der Waals surface area (Å²) in [6, 6.07) is 11.7. The number of halogens is 2. The van der Waals surface area contributed by atoms with E-state index in [1.807, 2.05) is 12.1 Å². The van der Waals surface area contributed by atoms with E-state index in [9.17, 15) is 9.50 Å². The summed E-state index contributed by atoms with van der Waals surface area (Å²) >= 11 is 6.19. The van der Waals surface area contributed by atoms with Gasteiger partial charge in [-0.3, -0.25) is 4.90 Å². The number of phenols is 1. The van der Waals surface area contributed by atoms with Crippen LogP contribution in [0, 0.1) is 5.82 Å². The second-order valence-corrected chi connectivity index (χ2v) is 7.98. The van der Waals surface area contributed by atoms with Crippen LogP contribution in [0.2, 0.25) is 5.02 Å². The molecule has 0 spiro atoms. The van der Waals surface area contributed by atoms with Gasteiger partial charge in [0, 0.05) is 32.2 Å². The molecule has 0 bridgehead atoms. The van der Waals surface area contributed by atoms with Crippen LogP contribution in [0.15, 0.2) is 66.3 Å². The number of nitrogens with one attached hydrogen (secondary N) is 1. The summed E-state index contributed by atoms with van der Waals surface area (Å²) in [7, 11) is 0. The maximum absolute atomic E-state index is 13.2. The molecule has 29 heavy (non-hydrogen) atoms. The summed E-state index contributed by atoms with van der Waals surface area (Å²) in [6.07, 6.45) is 8.73. The highest BCUT2D eigenvalue weighted by Crippen LogP contribution is 2.26. The minimum absolute atomic E-state index is 0.160. The van der Waals surface area contributed by atoms with Crippen molar-refractivity contribution in [1.82, 2.24) is 4.90 Å². The Morgan fingerprint density at radius 1 is 1.21 bits per heavy atom. The molecule has 1 aliphatic rings. The minimum Gasteiger partial charge on any atom is -0.508 e. The lowest BCUT2D eigenvalue weighted by molar-refractivity contribution is 0.289. The van der Waals surface area contributed by atoms with Crippen LogP contribution in [0.5, 0.6) is 5.75 Å². The topological polar surface area (TPSA) is 35.5 Å². The zero-order chi connectivity index (χ0) is 20.6. The summed E-state index contributed by atoms with van der Waals surface area (Å²) in [5.74, 6) is 0.257. The first-order valence-corrected chi connectivity index (χ1v) is 10.4. The largest absolute Gasteiger partial charge is 0.508 e. The van der Waals surface area contributed by atoms with E-state index in [1.54, 1.807) is 12.1 Å². The van der Waals surface area contributed by atoms with Crippen LogP contribution >= 0.6 is 11.6 Å². The van der Waals surface area contributed by atoms with Crippen molar-refractivity contribution in [3.05, 3.63) is 82.7 Å². The second-order valence-electron chi connectivity index (χ2n) is 7.57. The molecule has 5 heteroatoms. The van der Waals surface area contributed by atoms with Crippen LogP contribution in [0.1, 0.15) is 31.2 Å². The third kappa shape index (κ3) is 6.62. The van der Waals surface area contributed by atoms with Crippen molar-refractivity contribution < 1.29 is 9.50 Å². The molecule has 0 radical (unpaired) electrons. The van der Waals surface area contributed by atoms with Crippen molar-refractivity contribution in [2.75, 3.05) is 31.5 Å². The highest BCUT2D eigenvalue weighted by atomic mass is 35.5.